The summed E-state index contributed by atoms with van der Waals surface area (Å²) in [6.45, 7) is 8.66. The summed E-state index contributed by atoms with van der Waals surface area (Å²) in [5.74, 6) is -0.357. The zero-order valence-corrected chi connectivity index (χ0v) is 9.32. The summed E-state index contributed by atoms with van der Waals surface area (Å²) in [5, 5.41) is 0. The van der Waals surface area contributed by atoms with Crippen molar-refractivity contribution in [2.45, 2.75) is 13.8 Å². The first-order valence-electron chi connectivity index (χ1n) is 4.86. The van der Waals surface area contributed by atoms with Crippen molar-refractivity contribution in [2.75, 3.05) is 26.4 Å². The smallest absolute Gasteiger partial charge is 0.336 e. The number of hydrogen-bond acceptors (Lipinski definition) is 4. The van der Waals surface area contributed by atoms with E-state index >= 15 is 0 Å². The van der Waals surface area contributed by atoms with Gasteiger partial charge in [-0.15, -0.1) is 6.58 Å². The third kappa shape index (κ3) is 7.76. The van der Waals surface area contributed by atoms with Crippen LogP contribution in [0.5, 0.6) is 0 Å². The van der Waals surface area contributed by atoms with Crippen LogP contribution >= 0.6 is 0 Å². The van der Waals surface area contributed by atoms with E-state index in [1.54, 1.807) is 19.9 Å². The van der Waals surface area contributed by atoms with E-state index in [9.17, 15) is 4.79 Å². The summed E-state index contributed by atoms with van der Waals surface area (Å²) in [6, 6.07) is 0. The average molecular weight is 214 g/mol. The largest absolute Gasteiger partial charge is 0.498 e. The van der Waals surface area contributed by atoms with Gasteiger partial charge in [0.2, 0.25) is 0 Å². The summed E-state index contributed by atoms with van der Waals surface area (Å²) in [4.78, 5) is 11.1. The highest BCUT2D eigenvalue weighted by Crippen LogP contribution is 1.96. The molecule has 0 aromatic carbocycles. The molecule has 4 nitrogen and oxygen atoms in total. The van der Waals surface area contributed by atoms with Crippen LogP contribution in [0.1, 0.15) is 13.8 Å². The molecule has 4 heteroatoms. The standard InChI is InChI=1S/C11H18O4/c1-4-6-13-7-8-14-9-10(3)11(12)15-5-2/h4,9H,1,5-8H2,2-3H3. The lowest BCUT2D eigenvalue weighted by molar-refractivity contribution is -0.138. The second kappa shape index (κ2) is 9.27. The van der Waals surface area contributed by atoms with E-state index in [1.165, 1.54) is 6.26 Å². The molecule has 0 N–H and O–H groups in total. The van der Waals surface area contributed by atoms with Crippen LogP contribution in [0.4, 0.5) is 0 Å². The molecule has 0 fully saturated rings. The predicted molar refractivity (Wildman–Crippen MR) is 57.4 cm³/mol. The lowest BCUT2D eigenvalue weighted by Gasteiger charge is -2.03. The number of hydrogen-bond donors (Lipinski definition) is 0. The Kier molecular flexibility index (Phi) is 8.47. The topological polar surface area (TPSA) is 44.8 Å². The molecule has 0 amide bonds. The van der Waals surface area contributed by atoms with Crippen LogP contribution in [-0.2, 0) is 19.0 Å². The van der Waals surface area contributed by atoms with Crippen molar-refractivity contribution < 1.29 is 19.0 Å². The van der Waals surface area contributed by atoms with Crippen LogP contribution in [-0.4, -0.2) is 32.4 Å². The predicted octanol–water partition coefficient (Wildman–Crippen LogP) is 1.67. The van der Waals surface area contributed by atoms with Crippen LogP contribution in [0.15, 0.2) is 24.5 Å². The Morgan fingerprint density at radius 2 is 2.13 bits per heavy atom. The fourth-order valence-electron chi connectivity index (χ4n) is 0.751. The van der Waals surface area contributed by atoms with Gasteiger partial charge < -0.3 is 14.2 Å². The molecule has 0 aliphatic rings. The first-order chi connectivity index (χ1) is 7.22. The number of rotatable bonds is 8. The van der Waals surface area contributed by atoms with Crippen molar-refractivity contribution in [2.24, 2.45) is 0 Å². The maximum absolute atomic E-state index is 11.1. The average Bonchev–Trinajstić information content (AvgIpc) is 2.23. The van der Waals surface area contributed by atoms with Crippen molar-refractivity contribution in [3.05, 3.63) is 24.5 Å². The molecule has 15 heavy (non-hydrogen) atoms. The number of carbonyl (C=O) groups excluding carboxylic acids is 1. The highest BCUT2D eigenvalue weighted by Gasteiger charge is 2.03. The Morgan fingerprint density at radius 1 is 1.40 bits per heavy atom. The monoisotopic (exact) mass is 214 g/mol. The summed E-state index contributed by atoms with van der Waals surface area (Å²) in [7, 11) is 0. The minimum Gasteiger partial charge on any atom is -0.498 e. The van der Waals surface area contributed by atoms with Crippen LogP contribution in [0.25, 0.3) is 0 Å². The molecule has 0 rings (SSSR count). The van der Waals surface area contributed by atoms with E-state index in [0.717, 1.165) is 0 Å². The van der Waals surface area contributed by atoms with Gasteiger partial charge >= 0.3 is 5.97 Å². The minimum absolute atomic E-state index is 0.357. The molecule has 0 saturated carbocycles. The number of ether oxygens (including phenoxy) is 3. The Balaban J connectivity index is 3.57. The lowest BCUT2D eigenvalue weighted by Crippen LogP contribution is -2.07. The zero-order chi connectivity index (χ0) is 11.5. The molecule has 0 saturated heterocycles. The van der Waals surface area contributed by atoms with Gasteiger partial charge in [-0.05, 0) is 13.8 Å². The first kappa shape index (κ1) is 13.7. The van der Waals surface area contributed by atoms with Crippen molar-refractivity contribution in [1.29, 1.82) is 0 Å². The van der Waals surface area contributed by atoms with Crippen LogP contribution < -0.4 is 0 Å². The molecule has 0 bridgehead atoms. The normalized spacial score (nSPS) is 10.9. The third-order valence-electron chi connectivity index (χ3n) is 1.44. The fraction of sp³-hybridized carbons (Fsp3) is 0.545. The quantitative estimate of drug-likeness (QED) is 0.203. The maximum Gasteiger partial charge on any atom is 0.336 e. The van der Waals surface area contributed by atoms with Crippen molar-refractivity contribution in [3.8, 4) is 0 Å². The molecular weight excluding hydrogens is 196 g/mol. The molecule has 0 unspecified atom stereocenters. The molecule has 0 heterocycles. The second-order valence-corrected chi connectivity index (χ2v) is 2.76. The van der Waals surface area contributed by atoms with Gasteiger partial charge in [0.1, 0.15) is 6.61 Å². The molecular formula is C11H18O4. The lowest BCUT2D eigenvalue weighted by atomic mass is 10.3. The Hall–Kier alpha value is -1.29. The number of carbonyl (C=O) groups is 1. The van der Waals surface area contributed by atoms with Crippen molar-refractivity contribution in [1.82, 2.24) is 0 Å². The maximum atomic E-state index is 11.1. The summed E-state index contributed by atoms with van der Waals surface area (Å²) < 4.78 is 14.9. The summed E-state index contributed by atoms with van der Waals surface area (Å²) >= 11 is 0. The Labute approximate surface area is 90.5 Å². The summed E-state index contributed by atoms with van der Waals surface area (Å²) in [6.07, 6.45) is 3.05. The molecule has 0 aliphatic heterocycles. The zero-order valence-electron chi connectivity index (χ0n) is 9.32. The van der Waals surface area contributed by atoms with Gasteiger partial charge in [-0.1, -0.05) is 6.08 Å². The van der Waals surface area contributed by atoms with E-state index in [0.29, 0.717) is 32.0 Å². The minimum atomic E-state index is -0.357. The van der Waals surface area contributed by atoms with E-state index in [-0.39, 0.29) is 5.97 Å². The molecule has 0 atom stereocenters. The second-order valence-electron chi connectivity index (χ2n) is 2.76. The summed E-state index contributed by atoms with van der Waals surface area (Å²) in [5.41, 5.74) is 0.445. The van der Waals surface area contributed by atoms with Gasteiger partial charge in [-0.3, -0.25) is 0 Å². The van der Waals surface area contributed by atoms with Gasteiger partial charge in [0.25, 0.3) is 0 Å². The van der Waals surface area contributed by atoms with Gasteiger partial charge in [-0.2, -0.15) is 0 Å². The van der Waals surface area contributed by atoms with Gasteiger partial charge in [-0.25, -0.2) is 4.79 Å². The van der Waals surface area contributed by atoms with Gasteiger partial charge in [0.05, 0.1) is 31.7 Å². The van der Waals surface area contributed by atoms with Crippen molar-refractivity contribution in [3.63, 3.8) is 0 Å². The molecule has 86 valence electrons. The highest BCUT2D eigenvalue weighted by atomic mass is 16.5. The Morgan fingerprint density at radius 3 is 2.73 bits per heavy atom. The van der Waals surface area contributed by atoms with Gasteiger partial charge in [0.15, 0.2) is 0 Å². The SMILES string of the molecule is C=CCOCCOC=C(C)C(=O)OCC. The molecule has 0 aromatic heterocycles. The molecule has 0 spiro atoms. The molecule has 0 radical (unpaired) electrons. The fourth-order valence-corrected chi connectivity index (χ4v) is 0.751. The molecule has 0 aliphatic carbocycles. The Bertz CT molecular complexity index is 221. The van der Waals surface area contributed by atoms with E-state index in [2.05, 4.69) is 6.58 Å². The molecule has 0 aromatic rings. The highest BCUT2D eigenvalue weighted by molar-refractivity contribution is 5.87. The van der Waals surface area contributed by atoms with E-state index in [4.69, 9.17) is 14.2 Å². The van der Waals surface area contributed by atoms with Crippen molar-refractivity contribution >= 4 is 5.97 Å². The van der Waals surface area contributed by atoms with Crippen LogP contribution in [0.3, 0.4) is 0 Å². The first-order valence-corrected chi connectivity index (χ1v) is 4.86. The van der Waals surface area contributed by atoms with E-state index < -0.39 is 0 Å². The van der Waals surface area contributed by atoms with E-state index in [1.807, 2.05) is 0 Å². The van der Waals surface area contributed by atoms with Crippen LogP contribution in [0, 0.1) is 0 Å². The van der Waals surface area contributed by atoms with Gasteiger partial charge in [0, 0.05) is 0 Å². The number of esters is 1. The van der Waals surface area contributed by atoms with Crippen LogP contribution in [0.2, 0.25) is 0 Å². The third-order valence-corrected chi connectivity index (χ3v) is 1.44.